The van der Waals surface area contributed by atoms with Crippen molar-refractivity contribution < 1.29 is 19.4 Å². The highest BCUT2D eigenvalue weighted by Crippen LogP contribution is 2.21. The first-order chi connectivity index (χ1) is 12.6. The molecule has 3 rings (SSSR count). The molecule has 1 atom stereocenters. The van der Waals surface area contributed by atoms with Gasteiger partial charge in [-0.25, -0.2) is 4.79 Å². The van der Waals surface area contributed by atoms with E-state index in [1.807, 2.05) is 42.5 Å². The molecule has 1 fully saturated rings. The van der Waals surface area contributed by atoms with Crippen molar-refractivity contribution in [2.45, 2.75) is 12.5 Å². The van der Waals surface area contributed by atoms with Gasteiger partial charge in [0.15, 0.2) is 0 Å². The number of amides is 1. The molecule has 136 valence electrons. The summed E-state index contributed by atoms with van der Waals surface area (Å²) in [5.74, 6) is -1.43. The Morgan fingerprint density at radius 3 is 2.38 bits per heavy atom. The highest BCUT2D eigenvalue weighted by molar-refractivity contribution is 6.01. The molecule has 2 aromatic carbocycles. The molecule has 0 saturated carbocycles. The van der Waals surface area contributed by atoms with Crippen LogP contribution in [0.2, 0.25) is 0 Å². The van der Waals surface area contributed by atoms with Crippen molar-refractivity contribution in [3.05, 3.63) is 65.7 Å². The minimum absolute atomic E-state index is 0.238. The van der Waals surface area contributed by atoms with E-state index in [-0.39, 0.29) is 12.3 Å². The zero-order valence-corrected chi connectivity index (χ0v) is 14.4. The maximum atomic E-state index is 12.8. The van der Waals surface area contributed by atoms with Crippen molar-refractivity contribution in [1.82, 2.24) is 5.32 Å². The van der Waals surface area contributed by atoms with Gasteiger partial charge >= 0.3 is 5.97 Å². The number of hydrogen-bond acceptors (Lipinski definition) is 4. The number of morpholine rings is 1. The number of carbonyl (C=O) groups is 2. The molecule has 0 radical (unpaired) electrons. The predicted molar refractivity (Wildman–Crippen MR) is 98.5 cm³/mol. The standard InChI is InChI=1S/C20H22N2O4/c23-19(21-17(20(24)25)14-15-6-2-1-3-7-15)16-8-4-5-9-18(16)22-10-12-26-13-11-22/h1-9,17H,10-14H2,(H,21,23)(H,24,25)/t17-/m0/s1. The van der Waals surface area contributed by atoms with E-state index in [0.29, 0.717) is 31.9 Å². The van der Waals surface area contributed by atoms with E-state index in [2.05, 4.69) is 10.2 Å². The third-order valence-corrected chi connectivity index (χ3v) is 4.39. The highest BCUT2D eigenvalue weighted by atomic mass is 16.5. The number of anilines is 1. The van der Waals surface area contributed by atoms with Crippen LogP contribution >= 0.6 is 0 Å². The summed E-state index contributed by atoms with van der Waals surface area (Å²) in [4.78, 5) is 26.5. The lowest BCUT2D eigenvalue weighted by molar-refractivity contribution is -0.139. The third kappa shape index (κ3) is 4.40. The van der Waals surface area contributed by atoms with Crippen LogP contribution in [0, 0.1) is 0 Å². The van der Waals surface area contributed by atoms with Crippen molar-refractivity contribution in [3.8, 4) is 0 Å². The SMILES string of the molecule is O=C(N[C@@H](Cc1ccccc1)C(=O)O)c1ccccc1N1CCOCC1. The van der Waals surface area contributed by atoms with Crippen LogP contribution in [0.25, 0.3) is 0 Å². The quantitative estimate of drug-likeness (QED) is 0.829. The Morgan fingerprint density at radius 1 is 1.04 bits per heavy atom. The summed E-state index contributed by atoms with van der Waals surface area (Å²) in [6.07, 6.45) is 0.238. The molecule has 1 aliphatic rings. The summed E-state index contributed by atoms with van der Waals surface area (Å²) in [7, 11) is 0. The number of rotatable bonds is 6. The predicted octanol–water partition coefficient (Wildman–Crippen LogP) is 1.95. The summed E-state index contributed by atoms with van der Waals surface area (Å²) >= 11 is 0. The highest BCUT2D eigenvalue weighted by Gasteiger charge is 2.24. The van der Waals surface area contributed by atoms with Gasteiger partial charge in [0.25, 0.3) is 5.91 Å². The first-order valence-corrected chi connectivity index (χ1v) is 8.64. The van der Waals surface area contributed by atoms with Gasteiger partial charge in [0.1, 0.15) is 6.04 Å². The average molecular weight is 354 g/mol. The Labute approximate surface area is 152 Å². The molecule has 2 N–H and O–H groups in total. The van der Waals surface area contributed by atoms with Crippen LogP contribution in [-0.2, 0) is 16.0 Å². The third-order valence-electron chi connectivity index (χ3n) is 4.39. The minimum Gasteiger partial charge on any atom is -0.480 e. The van der Waals surface area contributed by atoms with E-state index >= 15 is 0 Å². The molecule has 1 amide bonds. The zero-order chi connectivity index (χ0) is 18.4. The van der Waals surface area contributed by atoms with E-state index in [4.69, 9.17) is 4.74 Å². The summed E-state index contributed by atoms with van der Waals surface area (Å²) in [5.41, 5.74) is 2.15. The van der Waals surface area contributed by atoms with Crippen LogP contribution in [0.15, 0.2) is 54.6 Å². The number of carboxylic acid groups (broad SMARTS) is 1. The van der Waals surface area contributed by atoms with Gasteiger partial charge in [-0.15, -0.1) is 0 Å². The smallest absolute Gasteiger partial charge is 0.326 e. The van der Waals surface area contributed by atoms with Gasteiger partial charge < -0.3 is 20.1 Å². The van der Waals surface area contributed by atoms with Gasteiger partial charge in [0, 0.05) is 25.2 Å². The Morgan fingerprint density at radius 2 is 1.69 bits per heavy atom. The molecule has 1 saturated heterocycles. The fraction of sp³-hybridized carbons (Fsp3) is 0.300. The van der Waals surface area contributed by atoms with Gasteiger partial charge in [-0.3, -0.25) is 4.79 Å². The van der Waals surface area contributed by atoms with Gasteiger partial charge in [0.05, 0.1) is 18.8 Å². The van der Waals surface area contributed by atoms with E-state index < -0.39 is 12.0 Å². The first kappa shape index (κ1) is 17.9. The molecule has 0 aromatic heterocycles. The Bertz CT molecular complexity index is 757. The summed E-state index contributed by atoms with van der Waals surface area (Å²) in [6, 6.07) is 15.6. The van der Waals surface area contributed by atoms with E-state index in [1.54, 1.807) is 12.1 Å². The van der Waals surface area contributed by atoms with Crippen molar-refractivity contribution >= 4 is 17.6 Å². The molecular weight excluding hydrogens is 332 g/mol. The number of para-hydroxylation sites is 1. The van der Waals surface area contributed by atoms with Crippen molar-refractivity contribution in [2.75, 3.05) is 31.2 Å². The number of aliphatic carboxylic acids is 1. The van der Waals surface area contributed by atoms with E-state index in [9.17, 15) is 14.7 Å². The van der Waals surface area contributed by atoms with Crippen LogP contribution in [0.5, 0.6) is 0 Å². The van der Waals surface area contributed by atoms with Crippen molar-refractivity contribution in [2.24, 2.45) is 0 Å². The summed E-state index contributed by atoms with van der Waals surface area (Å²) < 4.78 is 5.36. The first-order valence-electron chi connectivity index (χ1n) is 8.64. The van der Waals surface area contributed by atoms with Gasteiger partial charge in [0.2, 0.25) is 0 Å². The Hall–Kier alpha value is -2.86. The number of nitrogens with one attached hydrogen (secondary N) is 1. The fourth-order valence-corrected chi connectivity index (χ4v) is 3.03. The van der Waals surface area contributed by atoms with Gasteiger partial charge in [-0.05, 0) is 17.7 Å². The van der Waals surface area contributed by atoms with Crippen LogP contribution < -0.4 is 10.2 Å². The number of benzene rings is 2. The lowest BCUT2D eigenvalue weighted by atomic mass is 10.0. The molecule has 6 nitrogen and oxygen atoms in total. The molecule has 0 aliphatic carbocycles. The molecule has 0 spiro atoms. The van der Waals surface area contributed by atoms with Crippen molar-refractivity contribution in [3.63, 3.8) is 0 Å². The number of hydrogen-bond donors (Lipinski definition) is 2. The number of carboxylic acids is 1. The van der Waals surface area contributed by atoms with E-state index in [1.165, 1.54) is 0 Å². The van der Waals surface area contributed by atoms with Gasteiger partial charge in [-0.2, -0.15) is 0 Å². The lowest BCUT2D eigenvalue weighted by Crippen LogP contribution is -2.43. The van der Waals surface area contributed by atoms with Crippen LogP contribution in [0.1, 0.15) is 15.9 Å². The fourth-order valence-electron chi connectivity index (χ4n) is 3.03. The van der Waals surface area contributed by atoms with Crippen LogP contribution in [-0.4, -0.2) is 49.3 Å². The molecule has 0 unspecified atom stereocenters. The Kier molecular flexibility index (Phi) is 5.86. The number of nitrogens with zero attached hydrogens (tertiary/aromatic N) is 1. The normalized spacial score (nSPS) is 15.3. The zero-order valence-electron chi connectivity index (χ0n) is 14.4. The van der Waals surface area contributed by atoms with Gasteiger partial charge in [-0.1, -0.05) is 42.5 Å². The maximum Gasteiger partial charge on any atom is 0.326 e. The molecule has 26 heavy (non-hydrogen) atoms. The molecule has 1 heterocycles. The lowest BCUT2D eigenvalue weighted by Gasteiger charge is -2.30. The Balaban J connectivity index is 1.76. The monoisotopic (exact) mass is 354 g/mol. The summed E-state index contributed by atoms with van der Waals surface area (Å²) in [5, 5.41) is 12.2. The molecule has 2 aromatic rings. The second-order valence-corrected chi connectivity index (χ2v) is 6.17. The molecular formula is C20H22N2O4. The molecule has 6 heteroatoms. The maximum absolute atomic E-state index is 12.8. The number of carbonyl (C=O) groups excluding carboxylic acids is 1. The second kappa shape index (κ2) is 8.49. The van der Waals surface area contributed by atoms with Crippen LogP contribution in [0.4, 0.5) is 5.69 Å². The second-order valence-electron chi connectivity index (χ2n) is 6.17. The average Bonchev–Trinajstić information content (AvgIpc) is 2.69. The van der Waals surface area contributed by atoms with Crippen molar-refractivity contribution in [1.29, 1.82) is 0 Å². The van der Waals surface area contributed by atoms with Crippen LogP contribution in [0.3, 0.4) is 0 Å². The molecule has 1 aliphatic heterocycles. The van der Waals surface area contributed by atoms with E-state index in [0.717, 1.165) is 11.3 Å². The summed E-state index contributed by atoms with van der Waals surface area (Å²) in [6.45, 7) is 2.64. The number of ether oxygens (including phenoxy) is 1. The largest absolute Gasteiger partial charge is 0.480 e. The topological polar surface area (TPSA) is 78.9 Å². The minimum atomic E-state index is -1.05. The molecule has 0 bridgehead atoms.